The molecule has 28 heavy (non-hydrogen) atoms. The summed E-state index contributed by atoms with van der Waals surface area (Å²) in [6.45, 7) is 0.205. The fraction of sp³-hybridized carbons (Fsp3) is 0.250. The van der Waals surface area contributed by atoms with Gasteiger partial charge in [0.25, 0.3) is 5.91 Å². The van der Waals surface area contributed by atoms with Gasteiger partial charge >= 0.3 is 5.88 Å². The molecule has 1 aromatic carbocycles. The molecule has 1 fully saturated rings. The van der Waals surface area contributed by atoms with Crippen LogP contribution in [0.4, 0.5) is 5.88 Å². The zero-order valence-electron chi connectivity index (χ0n) is 14.3. The second-order valence-electron chi connectivity index (χ2n) is 5.90. The molecular weight excluding hydrogens is 412 g/mol. The first kappa shape index (κ1) is 20.0. The summed E-state index contributed by atoms with van der Waals surface area (Å²) < 4.78 is 31.6. The van der Waals surface area contributed by atoms with E-state index in [1.165, 1.54) is 30.3 Å². The van der Waals surface area contributed by atoms with Crippen LogP contribution in [0.1, 0.15) is 18.6 Å². The van der Waals surface area contributed by atoms with E-state index in [1.807, 2.05) is 0 Å². The molecule has 1 saturated heterocycles. The molecule has 0 unspecified atom stereocenters. The van der Waals surface area contributed by atoms with E-state index in [1.54, 1.807) is 0 Å². The molecule has 0 radical (unpaired) electrons. The van der Waals surface area contributed by atoms with Crippen LogP contribution in [0.5, 0.6) is 0 Å². The van der Waals surface area contributed by atoms with Crippen molar-refractivity contribution in [3.05, 3.63) is 57.3 Å². The molecule has 1 aromatic heterocycles. The van der Waals surface area contributed by atoms with Gasteiger partial charge in [-0.15, -0.1) is 0 Å². The van der Waals surface area contributed by atoms with Gasteiger partial charge in [-0.1, -0.05) is 11.6 Å². The fourth-order valence-electron chi connectivity index (χ4n) is 2.78. The monoisotopic (exact) mass is 426 g/mol. The molecule has 1 aliphatic heterocycles. The fourth-order valence-corrected chi connectivity index (χ4v) is 4.56. The Labute approximate surface area is 165 Å². The lowest BCUT2D eigenvalue weighted by Crippen LogP contribution is -2.44. The number of rotatable bonds is 6. The second kappa shape index (κ2) is 8.09. The van der Waals surface area contributed by atoms with Crippen molar-refractivity contribution >= 4 is 39.6 Å². The van der Waals surface area contributed by atoms with E-state index in [0.29, 0.717) is 17.9 Å². The SMILES string of the molecule is O=C(N/N=C\c1ccc([N+](=O)[O-])o1)[C@H]1CCCN1S(=O)(=O)c1ccc(Cl)cc1. The van der Waals surface area contributed by atoms with Gasteiger partial charge in [-0.05, 0) is 43.2 Å². The summed E-state index contributed by atoms with van der Waals surface area (Å²) in [6, 6.07) is 7.25. The average molecular weight is 427 g/mol. The van der Waals surface area contributed by atoms with Crippen molar-refractivity contribution in [2.45, 2.75) is 23.8 Å². The van der Waals surface area contributed by atoms with E-state index in [9.17, 15) is 23.3 Å². The topological polar surface area (TPSA) is 135 Å². The summed E-state index contributed by atoms with van der Waals surface area (Å²) in [5, 5.41) is 14.6. The van der Waals surface area contributed by atoms with Gasteiger partial charge in [0.1, 0.15) is 11.0 Å². The predicted octanol–water partition coefficient (Wildman–Crippen LogP) is 2.14. The molecule has 148 valence electrons. The minimum absolute atomic E-state index is 0.0444. The van der Waals surface area contributed by atoms with Crippen molar-refractivity contribution in [2.75, 3.05) is 6.54 Å². The van der Waals surface area contributed by atoms with E-state index in [0.717, 1.165) is 16.6 Å². The first-order chi connectivity index (χ1) is 13.3. The van der Waals surface area contributed by atoms with Crippen molar-refractivity contribution in [1.82, 2.24) is 9.73 Å². The number of nitrogens with one attached hydrogen (secondary N) is 1. The summed E-state index contributed by atoms with van der Waals surface area (Å²) >= 11 is 5.79. The third-order valence-corrected chi connectivity index (χ3v) is 6.26. The number of nitro groups is 1. The molecule has 0 aliphatic carbocycles. The van der Waals surface area contributed by atoms with Crippen LogP contribution >= 0.6 is 11.6 Å². The Morgan fingerprint density at radius 1 is 1.32 bits per heavy atom. The Morgan fingerprint density at radius 3 is 2.68 bits per heavy atom. The van der Waals surface area contributed by atoms with E-state index in [2.05, 4.69) is 10.5 Å². The highest BCUT2D eigenvalue weighted by molar-refractivity contribution is 7.89. The number of halogens is 1. The predicted molar refractivity (Wildman–Crippen MR) is 99.5 cm³/mol. The van der Waals surface area contributed by atoms with Gasteiger partial charge in [-0.25, -0.2) is 13.8 Å². The molecule has 2 aromatic rings. The summed E-state index contributed by atoms with van der Waals surface area (Å²) in [5.41, 5.74) is 2.25. The largest absolute Gasteiger partial charge is 0.433 e. The molecule has 12 heteroatoms. The number of sulfonamides is 1. The molecule has 1 atom stereocenters. The van der Waals surface area contributed by atoms with Crippen molar-refractivity contribution in [3.8, 4) is 0 Å². The Morgan fingerprint density at radius 2 is 2.04 bits per heavy atom. The van der Waals surface area contributed by atoms with E-state index < -0.39 is 32.8 Å². The van der Waals surface area contributed by atoms with Crippen LogP contribution < -0.4 is 5.43 Å². The molecule has 10 nitrogen and oxygen atoms in total. The Balaban J connectivity index is 1.69. The first-order valence-corrected chi connectivity index (χ1v) is 9.95. The standard InChI is InChI=1S/C16H15ClN4O6S/c17-11-3-6-13(7-4-11)28(25,26)20-9-1-2-14(20)16(22)19-18-10-12-5-8-15(27-12)21(23)24/h3-8,10,14H,1-2,9H2,(H,19,22)/b18-10-/t14-/m1/s1. The lowest BCUT2D eigenvalue weighted by molar-refractivity contribution is -0.402. The van der Waals surface area contributed by atoms with E-state index >= 15 is 0 Å². The Kier molecular flexibility index (Phi) is 5.77. The molecule has 3 rings (SSSR count). The minimum atomic E-state index is -3.86. The van der Waals surface area contributed by atoms with E-state index in [4.69, 9.17) is 16.0 Å². The molecule has 2 heterocycles. The minimum Gasteiger partial charge on any atom is -0.400 e. The van der Waals surface area contributed by atoms with Gasteiger partial charge in [0, 0.05) is 11.6 Å². The highest BCUT2D eigenvalue weighted by atomic mass is 35.5. The third-order valence-electron chi connectivity index (χ3n) is 4.09. The van der Waals surface area contributed by atoms with Crippen LogP contribution in [-0.4, -0.2) is 42.4 Å². The van der Waals surface area contributed by atoms with Gasteiger partial charge < -0.3 is 4.42 Å². The van der Waals surface area contributed by atoms with Crippen LogP contribution in [0, 0.1) is 10.1 Å². The lowest BCUT2D eigenvalue weighted by Gasteiger charge is -2.22. The van der Waals surface area contributed by atoms with Crippen molar-refractivity contribution in [3.63, 3.8) is 0 Å². The molecule has 0 saturated carbocycles. The molecule has 1 aliphatic rings. The van der Waals surface area contributed by atoms with Crippen molar-refractivity contribution in [2.24, 2.45) is 5.10 Å². The number of nitrogens with zero attached hydrogens (tertiary/aromatic N) is 3. The first-order valence-electron chi connectivity index (χ1n) is 8.13. The maximum Gasteiger partial charge on any atom is 0.433 e. The van der Waals surface area contributed by atoms with Gasteiger partial charge in [0.2, 0.25) is 10.0 Å². The van der Waals surface area contributed by atoms with Gasteiger partial charge in [0.05, 0.1) is 17.2 Å². The second-order valence-corrected chi connectivity index (χ2v) is 8.22. The highest BCUT2D eigenvalue weighted by Crippen LogP contribution is 2.27. The number of hydrogen-bond donors (Lipinski definition) is 1. The summed E-state index contributed by atoms with van der Waals surface area (Å²) in [5.74, 6) is -0.986. The maximum absolute atomic E-state index is 12.8. The third kappa shape index (κ3) is 4.21. The normalized spacial score (nSPS) is 17.8. The van der Waals surface area contributed by atoms with Crippen LogP contribution in [-0.2, 0) is 14.8 Å². The van der Waals surface area contributed by atoms with Crippen LogP contribution in [0.25, 0.3) is 0 Å². The summed E-state index contributed by atoms with van der Waals surface area (Å²) in [4.78, 5) is 22.3. The highest BCUT2D eigenvalue weighted by Gasteiger charge is 2.39. The Bertz CT molecular complexity index is 1020. The molecular formula is C16H15ClN4O6S. The number of amides is 1. The summed E-state index contributed by atoms with van der Waals surface area (Å²) in [7, 11) is -3.86. The van der Waals surface area contributed by atoms with Gasteiger partial charge in [-0.2, -0.15) is 9.41 Å². The maximum atomic E-state index is 12.8. The van der Waals surface area contributed by atoms with Crippen LogP contribution in [0.2, 0.25) is 5.02 Å². The quantitative estimate of drug-likeness (QED) is 0.427. The number of furan rings is 1. The molecule has 0 spiro atoms. The van der Waals surface area contributed by atoms with Crippen LogP contribution in [0.3, 0.4) is 0 Å². The van der Waals surface area contributed by atoms with Crippen molar-refractivity contribution < 1.29 is 22.6 Å². The number of carbonyl (C=O) groups is 1. The molecule has 1 amide bonds. The summed E-state index contributed by atoms with van der Waals surface area (Å²) in [6.07, 6.45) is 1.97. The number of hydrogen-bond acceptors (Lipinski definition) is 7. The van der Waals surface area contributed by atoms with Crippen molar-refractivity contribution in [1.29, 1.82) is 0 Å². The average Bonchev–Trinajstić information content (AvgIpc) is 3.32. The molecule has 0 bridgehead atoms. The Hall–Kier alpha value is -2.76. The molecule has 1 N–H and O–H groups in total. The smallest absolute Gasteiger partial charge is 0.400 e. The number of benzene rings is 1. The van der Waals surface area contributed by atoms with E-state index in [-0.39, 0.29) is 17.2 Å². The lowest BCUT2D eigenvalue weighted by atomic mass is 10.2. The number of hydrazone groups is 1. The number of carbonyl (C=O) groups excluding carboxylic acids is 1. The zero-order valence-corrected chi connectivity index (χ0v) is 15.9. The zero-order chi connectivity index (χ0) is 20.3. The van der Waals surface area contributed by atoms with Crippen LogP contribution in [0.15, 0.2) is 50.8 Å². The van der Waals surface area contributed by atoms with Gasteiger partial charge in [-0.3, -0.25) is 14.9 Å². The van der Waals surface area contributed by atoms with Gasteiger partial charge in [0.15, 0.2) is 5.76 Å².